The Morgan fingerprint density at radius 2 is 1.68 bits per heavy atom. The number of likely N-dealkylation sites (N-methyl/N-ethyl adjacent to an activating group) is 1. The fourth-order valence-electron chi connectivity index (χ4n) is 4.15. The number of benzene rings is 3. The van der Waals surface area contributed by atoms with Gasteiger partial charge in [-0.25, -0.2) is 13.1 Å². The van der Waals surface area contributed by atoms with Crippen LogP contribution < -0.4 is 9.62 Å². The molecule has 1 aromatic heterocycles. The maximum atomic E-state index is 13.1. The van der Waals surface area contributed by atoms with Crippen LogP contribution in [0.25, 0.3) is 11.3 Å². The van der Waals surface area contributed by atoms with Crippen LogP contribution in [0.15, 0.2) is 90.0 Å². The van der Waals surface area contributed by atoms with Crippen molar-refractivity contribution < 1.29 is 13.2 Å². The maximum Gasteiger partial charge on any atom is 0.240 e. The number of rotatable bonds is 7. The lowest BCUT2D eigenvalue weighted by Gasteiger charge is -2.11. The lowest BCUT2D eigenvalue weighted by atomic mass is 10.1. The molecule has 2 heterocycles. The number of hydrogen-bond acceptors (Lipinski definition) is 4. The number of carbonyl (C=O) groups is 1. The molecule has 0 fully saturated rings. The third-order valence-corrected chi connectivity index (χ3v) is 7.36. The fourth-order valence-corrected chi connectivity index (χ4v) is 5.21. The second-order valence-electron chi connectivity index (χ2n) is 8.30. The van der Waals surface area contributed by atoms with Crippen molar-refractivity contribution in [1.29, 1.82) is 0 Å². The summed E-state index contributed by atoms with van der Waals surface area (Å²) in [4.78, 5) is 13.7. The van der Waals surface area contributed by atoms with Crippen molar-refractivity contribution in [3.8, 4) is 11.3 Å². The molecule has 0 unspecified atom stereocenters. The minimum atomic E-state index is -3.78. The summed E-state index contributed by atoms with van der Waals surface area (Å²) in [7, 11) is -2.09. The van der Waals surface area contributed by atoms with Gasteiger partial charge in [0.2, 0.25) is 15.9 Å². The summed E-state index contributed by atoms with van der Waals surface area (Å²) in [5.41, 5.74) is 5.01. The highest BCUT2D eigenvalue weighted by Crippen LogP contribution is 2.30. The topological polar surface area (TPSA) is 84.3 Å². The summed E-state index contributed by atoms with van der Waals surface area (Å²) in [6.45, 7) is 0.678. The average Bonchev–Trinajstić information content (AvgIpc) is 3.38. The van der Waals surface area contributed by atoms with Gasteiger partial charge in [0.05, 0.1) is 23.6 Å². The molecule has 0 radical (unpaired) electrons. The molecular formula is C26H24N4O3S. The lowest BCUT2D eigenvalue weighted by molar-refractivity contribution is -0.117. The van der Waals surface area contributed by atoms with Crippen molar-refractivity contribution in [3.05, 3.63) is 102 Å². The van der Waals surface area contributed by atoms with Crippen LogP contribution >= 0.6 is 0 Å². The van der Waals surface area contributed by atoms with Crippen molar-refractivity contribution in [1.82, 2.24) is 14.5 Å². The first-order valence-electron chi connectivity index (χ1n) is 11.0. The van der Waals surface area contributed by atoms with Crippen LogP contribution in [0.5, 0.6) is 0 Å². The molecule has 0 saturated heterocycles. The molecular weight excluding hydrogens is 448 g/mol. The van der Waals surface area contributed by atoms with E-state index in [1.165, 1.54) is 6.07 Å². The van der Waals surface area contributed by atoms with Crippen LogP contribution in [-0.4, -0.2) is 31.2 Å². The Hall–Kier alpha value is -3.75. The van der Waals surface area contributed by atoms with Crippen LogP contribution in [0.4, 0.5) is 5.69 Å². The number of nitrogens with one attached hydrogen (secondary N) is 1. The predicted octanol–water partition coefficient (Wildman–Crippen LogP) is 3.60. The summed E-state index contributed by atoms with van der Waals surface area (Å²) < 4.78 is 30.7. The van der Waals surface area contributed by atoms with Gasteiger partial charge in [0, 0.05) is 36.6 Å². The Kier molecular flexibility index (Phi) is 5.77. The Labute approximate surface area is 198 Å². The molecule has 7 nitrogen and oxygen atoms in total. The van der Waals surface area contributed by atoms with E-state index in [-0.39, 0.29) is 23.8 Å². The van der Waals surface area contributed by atoms with Crippen LogP contribution in [0.2, 0.25) is 0 Å². The number of carbonyl (C=O) groups excluding carboxylic acids is 1. The van der Waals surface area contributed by atoms with Gasteiger partial charge < -0.3 is 4.90 Å². The number of amides is 1. The Balaban J connectivity index is 1.41. The first-order chi connectivity index (χ1) is 16.4. The molecule has 172 valence electrons. The molecule has 0 atom stereocenters. The Morgan fingerprint density at radius 3 is 2.41 bits per heavy atom. The minimum absolute atomic E-state index is 0.0455. The number of anilines is 1. The predicted molar refractivity (Wildman–Crippen MR) is 131 cm³/mol. The molecule has 1 amide bonds. The van der Waals surface area contributed by atoms with Crippen molar-refractivity contribution in [2.24, 2.45) is 0 Å². The van der Waals surface area contributed by atoms with E-state index in [1.54, 1.807) is 24.1 Å². The summed E-state index contributed by atoms with van der Waals surface area (Å²) >= 11 is 0. The van der Waals surface area contributed by atoms with Gasteiger partial charge in [0.25, 0.3) is 0 Å². The normalized spacial score (nSPS) is 13.3. The van der Waals surface area contributed by atoms with Gasteiger partial charge in [-0.15, -0.1) is 0 Å². The van der Waals surface area contributed by atoms with Crippen LogP contribution in [0.3, 0.4) is 0 Å². The molecule has 0 saturated carbocycles. The SMILES string of the molecule is CN1C(=O)Cc2cc(S(=O)(=O)NCc3cn(Cc4ccccc4)nc3-c3ccccc3)ccc21. The van der Waals surface area contributed by atoms with Crippen molar-refractivity contribution in [2.75, 3.05) is 11.9 Å². The smallest absolute Gasteiger partial charge is 0.240 e. The molecule has 34 heavy (non-hydrogen) atoms. The molecule has 1 aliphatic rings. The maximum absolute atomic E-state index is 13.1. The second kappa shape index (κ2) is 8.89. The van der Waals surface area contributed by atoms with Crippen LogP contribution in [0.1, 0.15) is 16.7 Å². The summed E-state index contributed by atoms with van der Waals surface area (Å²) in [5.74, 6) is -0.0455. The highest BCUT2D eigenvalue weighted by molar-refractivity contribution is 7.89. The number of aromatic nitrogens is 2. The first kappa shape index (κ1) is 22.1. The number of sulfonamides is 1. The van der Waals surface area contributed by atoms with Crippen molar-refractivity contribution in [3.63, 3.8) is 0 Å². The average molecular weight is 473 g/mol. The van der Waals surface area contributed by atoms with Gasteiger partial charge in [-0.3, -0.25) is 9.48 Å². The summed E-state index contributed by atoms with van der Waals surface area (Å²) in [6.07, 6.45) is 2.09. The van der Waals surface area contributed by atoms with E-state index in [0.29, 0.717) is 6.54 Å². The molecule has 4 aromatic rings. The first-order valence-corrected chi connectivity index (χ1v) is 12.4. The van der Waals surface area contributed by atoms with E-state index < -0.39 is 10.0 Å². The van der Waals surface area contributed by atoms with Crippen LogP contribution in [0, 0.1) is 0 Å². The van der Waals surface area contributed by atoms with Gasteiger partial charge >= 0.3 is 0 Å². The molecule has 0 bridgehead atoms. The van der Waals surface area contributed by atoms with Gasteiger partial charge in [-0.05, 0) is 29.3 Å². The fraction of sp³-hybridized carbons (Fsp3) is 0.154. The summed E-state index contributed by atoms with van der Waals surface area (Å²) in [5, 5.41) is 4.75. The second-order valence-corrected chi connectivity index (χ2v) is 10.1. The monoisotopic (exact) mass is 472 g/mol. The van der Waals surface area contributed by atoms with Gasteiger partial charge in [0.1, 0.15) is 0 Å². The molecule has 5 rings (SSSR count). The quantitative estimate of drug-likeness (QED) is 0.446. The summed E-state index contributed by atoms with van der Waals surface area (Å²) in [6, 6.07) is 24.5. The number of nitrogens with zero attached hydrogens (tertiary/aromatic N) is 3. The van der Waals surface area contributed by atoms with Crippen LogP contribution in [-0.2, 0) is 34.3 Å². The lowest BCUT2D eigenvalue weighted by Crippen LogP contribution is -2.23. The number of fused-ring (bicyclic) bond motifs is 1. The van der Waals surface area contributed by atoms with Crippen molar-refractivity contribution in [2.45, 2.75) is 24.4 Å². The molecule has 0 aliphatic carbocycles. The Morgan fingerprint density at radius 1 is 0.971 bits per heavy atom. The Bertz CT molecular complexity index is 1450. The van der Waals surface area contributed by atoms with Crippen molar-refractivity contribution >= 4 is 21.6 Å². The minimum Gasteiger partial charge on any atom is -0.315 e. The zero-order valence-corrected chi connectivity index (χ0v) is 19.5. The van der Waals surface area contributed by atoms with E-state index in [2.05, 4.69) is 4.72 Å². The molecule has 1 N–H and O–H groups in total. The van der Waals surface area contributed by atoms with Gasteiger partial charge in [0.15, 0.2) is 0 Å². The standard InChI is InChI=1S/C26H24N4O3S/c1-29-24-13-12-23(14-21(24)15-25(29)31)34(32,33)27-16-22-18-30(17-19-8-4-2-5-9-19)28-26(22)20-10-6-3-7-11-20/h2-14,18,27H,15-17H2,1H3. The molecule has 3 aromatic carbocycles. The third kappa shape index (κ3) is 4.37. The highest BCUT2D eigenvalue weighted by Gasteiger charge is 2.26. The van der Waals surface area contributed by atoms with E-state index in [9.17, 15) is 13.2 Å². The molecule has 0 spiro atoms. The van der Waals surface area contributed by atoms with E-state index >= 15 is 0 Å². The zero-order chi connectivity index (χ0) is 23.7. The highest BCUT2D eigenvalue weighted by atomic mass is 32.2. The largest absolute Gasteiger partial charge is 0.315 e. The van der Waals surface area contributed by atoms with Gasteiger partial charge in [-0.2, -0.15) is 5.10 Å². The zero-order valence-electron chi connectivity index (χ0n) is 18.7. The molecule has 8 heteroatoms. The number of hydrogen-bond donors (Lipinski definition) is 1. The molecule has 1 aliphatic heterocycles. The van der Waals surface area contributed by atoms with Gasteiger partial charge in [-0.1, -0.05) is 60.7 Å². The van der Waals surface area contributed by atoms with E-state index in [0.717, 1.165) is 33.6 Å². The van der Waals surface area contributed by atoms with E-state index in [1.807, 2.05) is 71.5 Å². The third-order valence-electron chi connectivity index (χ3n) is 5.96. The van der Waals surface area contributed by atoms with E-state index in [4.69, 9.17) is 5.10 Å².